The molecule has 144 valence electrons. The molecule has 1 saturated heterocycles. The molecule has 0 aliphatic carbocycles. The minimum atomic E-state index is -0.471. The summed E-state index contributed by atoms with van der Waals surface area (Å²) in [4.78, 5) is 25.2. The van der Waals surface area contributed by atoms with E-state index < -0.39 is 4.92 Å². The van der Waals surface area contributed by atoms with E-state index >= 15 is 0 Å². The van der Waals surface area contributed by atoms with Crippen molar-refractivity contribution < 1.29 is 9.72 Å². The number of benzene rings is 2. The highest BCUT2D eigenvalue weighted by atomic mass is 35.5. The summed E-state index contributed by atoms with van der Waals surface area (Å²) in [6.45, 7) is 3.80. The molecule has 0 radical (unpaired) electrons. The highest BCUT2D eigenvalue weighted by Gasteiger charge is 2.25. The van der Waals surface area contributed by atoms with Crippen LogP contribution in [0.15, 0.2) is 58.3 Å². The molecule has 6 nitrogen and oxygen atoms in total. The van der Waals surface area contributed by atoms with Crippen molar-refractivity contribution in [1.29, 1.82) is 0 Å². The van der Waals surface area contributed by atoms with Crippen molar-refractivity contribution in [3.63, 3.8) is 0 Å². The minimum absolute atomic E-state index is 0. The van der Waals surface area contributed by atoms with Gasteiger partial charge in [-0.1, -0.05) is 36.9 Å². The van der Waals surface area contributed by atoms with Crippen LogP contribution in [0.3, 0.4) is 0 Å². The predicted octanol–water partition coefficient (Wildman–Crippen LogP) is 3.90. The van der Waals surface area contributed by atoms with Crippen LogP contribution in [-0.2, 0) is 0 Å². The molecule has 2 unspecified atom stereocenters. The van der Waals surface area contributed by atoms with Crippen LogP contribution in [0.25, 0.3) is 0 Å². The third-order valence-corrected chi connectivity index (χ3v) is 5.58. The van der Waals surface area contributed by atoms with Gasteiger partial charge in [0, 0.05) is 28.0 Å². The van der Waals surface area contributed by atoms with Gasteiger partial charge in [0.15, 0.2) is 0 Å². The Kier molecular flexibility index (Phi) is 7.65. The van der Waals surface area contributed by atoms with Crippen LogP contribution in [0, 0.1) is 16.0 Å². The average Bonchev–Trinajstić information content (AvgIpc) is 2.64. The Balaban J connectivity index is 0.00000261. The van der Waals surface area contributed by atoms with Crippen LogP contribution in [0.4, 0.5) is 5.69 Å². The smallest absolute Gasteiger partial charge is 0.270 e. The minimum Gasteiger partial charge on any atom is -0.349 e. The number of halogens is 1. The highest BCUT2D eigenvalue weighted by Crippen LogP contribution is 2.32. The summed E-state index contributed by atoms with van der Waals surface area (Å²) in [5, 5.41) is 17.5. The summed E-state index contributed by atoms with van der Waals surface area (Å²) < 4.78 is 0. The summed E-state index contributed by atoms with van der Waals surface area (Å²) >= 11 is 1.43. The molecule has 1 heterocycles. The van der Waals surface area contributed by atoms with E-state index in [1.165, 1.54) is 23.9 Å². The second-order valence-corrected chi connectivity index (χ2v) is 7.52. The number of rotatable bonds is 5. The van der Waals surface area contributed by atoms with Gasteiger partial charge in [-0.2, -0.15) is 0 Å². The van der Waals surface area contributed by atoms with Gasteiger partial charge in [-0.25, -0.2) is 0 Å². The molecule has 3 rings (SSSR count). The van der Waals surface area contributed by atoms with Crippen LogP contribution in [-0.4, -0.2) is 30.0 Å². The van der Waals surface area contributed by atoms with Crippen LogP contribution >= 0.6 is 24.2 Å². The fourth-order valence-electron chi connectivity index (χ4n) is 2.99. The number of hydrogen-bond acceptors (Lipinski definition) is 5. The van der Waals surface area contributed by atoms with E-state index in [9.17, 15) is 14.9 Å². The number of non-ortho nitro benzene ring substituents is 1. The Hall–Kier alpha value is -2.09. The maximum absolute atomic E-state index is 12.9. The average molecular weight is 408 g/mol. The number of carbonyl (C=O) groups is 1. The fraction of sp³-hybridized carbons (Fsp3) is 0.316. The normalized spacial score (nSPS) is 19.0. The second kappa shape index (κ2) is 9.73. The molecule has 8 heteroatoms. The number of nitro groups is 1. The lowest BCUT2D eigenvalue weighted by Gasteiger charge is -2.30. The summed E-state index contributed by atoms with van der Waals surface area (Å²) in [7, 11) is 0. The standard InChI is InChI=1S/C19H21N3O3S.ClH/c1-13-12-20-10-9-17(13)21-19(23)16-11-14(22(24)25)7-8-18(16)26-15-5-3-2-4-6-15;/h2-8,11,13,17,20H,9-10,12H2,1H3,(H,21,23);1H. The first-order valence-corrected chi connectivity index (χ1v) is 9.39. The van der Waals surface area contributed by atoms with Gasteiger partial charge >= 0.3 is 0 Å². The Morgan fingerprint density at radius 2 is 2.00 bits per heavy atom. The SMILES string of the molecule is CC1CNCCC1NC(=O)c1cc([N+](=O)[O-])ccc1Sc1ccccc1.Cl. The molecule has 2 N–H and O–H groups in total. The van der Waals surface area contributed by atoms with E-state index in [0.29, 0.717) is 16.4 Å². The van der Waals surface area contributed by atoms with E-state index in [-0.39, 0.29) is 30.0 Å². The number of nitrogens with one attached hydrogen (secondary N) is 2. The topological polar surface area (TPSA) is 84.3 Å². The molecule has 0 saturated carbocycles. The summed E-state index contributed by atoms with van der Waals surface area (Å²) in [6, 6.07) is 14.2. The van der Waals surface area contributed by atoms with E-state index in [4.69, 9.17) is 0 Å². The molecule has 1 fully saturated rings. The number of hydrogen-bond donors (Lipinski definition) is 2. The molecule has 2 aromatic carbocycles. The molecule has 0 spiro atoms. The largest absolute Gasteiger partial charge is 0.349 e. The molecule has 2 aromatic rings. The van der Waals surface area contributed by atoms with Gasteiger partial charge in [0.2, 0.25) is 0 Å². The first-order chi connectivity index (χ1) is 12.5. The molecule has 1 amide bonds. The first kappa shape index (κ1) is 21.2. The quantitative estimate of drug-likeness (QED) is 0.580. The van der Waals surface area contributed by atoms with Gasteiger partial charge in [0.05, 0.1) is 10.5 Å². The zero-order valence-electron chi connectivity index (χ0n) is 14.9. The number of amides is 1. The Morgan fingerprint density at radius 3 is 2.67 bits per heavy atom. The van der Waals surface area contributed by atoms with Gasteiger partial charge in [0.1, 0.15) is 0 Å². The molecule has 1 aliphatic rings. The molecule has 0 bridgehead atoms. The Labute approximate surface area is 168 Å². The van der Waals surface area contributed by atoms with Crippen LogP contribution in [0.5, 0.6) is 0 Å². The monoisotopic (exact) mass is 407 g/mol. The van der Waals surface area contributed by atoms with Crippen LogP contribution < -0.4 is 10.6 Å². The summed E-state index contributed by atoms with van der Waals surface area (Å²) in [5.41, 5.74) is 0.268. The van der Waals surface area contributed by atoms with Crippen LogP contribution in [0.1, 0.15) is 23.7 Å². The Bertz CT molecular complexity index is 804. The van der Waals surface area contributed by atoms with Crippen LogP contribution in [0.2, 0.25) is 0 Å². The van der Waals surface area contributed by atoms with Crippen molar-refractivity contribution in [3.05, 3.63) is 64.2 Å². The number of piperidine rings is 1. The number of carbonyl (C=O) groups excluding carboxylic acids is 1. The van der Waals surface area contributed by atoms with Gasteiger partial charge in [0.25, 0.3) is 11.6 Å². The molecule has 27 heavy (non-hydrogen) atoms. The lowest BCUT2D eigenvalue weighted by Crippen LogP contribution is -2.48. The van der Waals surface area contributed by atoms with E-state index in [1.807, 2.05) is 30.3 Å². The van der Waals surface area contributed by atoms with Crippen molar-refractivity contribution in [2.24, 2.45) is 5.92 Å². The van der Waals surface area contributed by atoms with Gasteiger partial charge in [-0.15, -0.1) is 12.4 Å². The van der Waals surface area contributed by atoms with Crippen molar-refractivity contribution in [3.8, 4) is 0 Å². The number of nitro benzene ring substituents is 1. The lowest BCUT2D eigenvalue weighted by molar-refractivity contribution is -0.384. The van der Waals surface area contributed by atoms with Crippen molar-refractivity contribution in [2.45, 2.75) is 29.2 Å². The zero-order chi connectivity index (χ0) is 18.5. The molecular formula is C19H22ClN3O3S. The van der Waals surface area contributed by atoms with Gasteiger partial charge in [-0.05, 0) is 43.6 Å². The zero-order valence-corrected chi connectivity index (χ0v) is 16.5. The summed E-state index contributed by atoms with van der Waals surface area (Å²) in [6.07, 6.45) is 0.850. The molecule has 0 aromatic heterocycles. The van der Waals surface area contributed by atoms with Gasteiger partial charge < -0.3 is 10.6 Å². The van der Waals surface area contributed by atoms with E-state index in [2.05, 4.69) is 17.6 Å². The predicted molar refractivity (Wildman–Crippen MR) is 109 cm³/mol. The third kappa shape index (κ3) is 5.45. The number of nitrogens with zero attached hydrogens (tertiary/aromatic N) is 1. The lowest BCUT2D eigenvalue weighted by atomic mass is 9.95. The van der Waals surface area contributed by atoms with Crippen molar-refractivity contribution in [2.75, 3.05) is 13.1 Å². The highest BCUT2D eigenvalue weighted by molar-refractivity contribution is 7.99. The molecular weight excluding hydrogens is 386 g/mol. The maximum atomic E-state index is 12.9. The van der Waals surface area contributed by atoms with Crippen molar-refractivity contribution >= 4 is 35.8 Å². The third-order valence-electron chi connectivity index (χ3n) is 4.49. The Morgan fingerprint density at radius 1 is 1.26 bits per heavy atom. The fourth-order valence-corrected chi connectivity index (χ4v) is 3.93. The first-order valence-electron chi connectivity index (χ1n) is 8.57. The van der Waals surface area contributed by atoms with E-state index in [1.54, 1.807) is 6.07 Å². The molecule has 2 atom stereocenters. The summed E-state index contributed by atoms with van der Waals surface area (Å²) in [5.74, 6) is 0.0579. The van der Waals surface area contributed by atoms with E-state index in [0.717, 1.165) is 24.4 Å². The molecule has 1 aliphatic heterocycles. The second-order valence-electron chi connectivity index (χ2n) is 6.40. The van der Waals surface area contributed by atoms with Crippen molar-refractivity contribution in [1.82, 2.24) is 10.6 Å². The maximum Gasteiger partial charge on any atom is 0.270 e. The van der Waals surface area contributed by atoms with Gasteiger partial charge in [-0.3, -0.25) is 14.9 Å².